The molecule has 1 aromatic rings. The molecule has 0 aliphatic carbocycles. The maximum atomic E-state index is 5.54. The van der Waals surface area contributed by atoms with E-state index in [9.17, 15) is 0 Å². The summed E-state index contributed by atoms with van der Waals surface area (Å²) in [4.78, 5) is 0. The Morgan fingerprint density at radius 2 is 2.24 bits per heavy atom. The fourth-order valence-corrected chi connectivity index (χ4v) is 2.09. The van der Waals surface area contributed by atoms with Crippen molar-refractivity contribution in [2.45, 2.75) is 25.8 Å². The number of ether oxygens (including phenoxy) is 1. The second-order valence-corrected chi connectivity index (χ2v) is 5.10. The number of rotatable bonds is 7. The monoisotopic (exact) mass is 300 g/mol. The van der Waals surface area contributed by atoms with Crippen LogP contribution < -0.4 is 11.1 Å². The molecule has 0 amide bonds. The molecule has 3 nitrogen and oxygen atoms in total. The van der Waals surface area contributed by atoms with Crippen LogP contribution in [0.5, 0.6) is 0 Å². The van der Waals surface area contributed by atoms with E-state index in [1.54, 1.807) is 7.11 Å². The van der Waals surface area contributed by atoms with Crippen LogP contribution in [-0.4, -0.2) is 26.3 Å². The average Bonchev–Trinajstić information content (AvgIpc) is 2.31. The van der Waals surface area contributed by atoms with Crippen molar-refractivity contribution in [2.75, 3.05) is 25.6 Å². The number of nitrogens with two attached hydrogens (primary N) is 1. The number of methoxy groups -OCH3 is 1. The molecule has 0 saturated carbocycles. The highest BCUT2D eigenvalue weighted by molar-refractivity contribution is 9.10. The van der Waals surface area contributed by atoms with Gasteiger partial charge in [-0.3, -0.25) is 0 Å². The van der Waals surface area contributed by atoms with Gasteiger partial charge < -0.3 is 15.8 Å². The number of nitrogens with one attached hydrogen (secondary N) is 1. The molecule has 0 aromatic heterocycles. The first-order valence-electron chi connectivity index (χ1n) is 5.89. The molecule has 0 radical (unpaired) electrons. The molecule has 4 heteroatoms. The summed E-state index contributed by atoms with van der Waals surface area (Å²) in [6.45, 7) is 3.52. The summed E-state index contributed by atoms with van der Waals surface area (Å²) in [5, 5.41) is 3.51. The largest absolute Gasteiger partial charge is 0.383 e. The van der Waals surface area contributed by atoms with E-state index >= 15 is 0 Å². The van der Waals surface area contributed by atoms with Crippen LogP contribution in [0.2, 0.25) is 0 Å². The van der Waals surface area contributed by atoms with Gasteiger partial charge >= 0.3 is 0 Å². The van der Waals surface area contributed by atoms with Gasteiger partial charge in [-0.05, 0) is 44.0 Å². The van der Waals surface area contributed by atoms with Crippen molar-refractivity contribution in [3.8, 4) is 0 Å². The van der Waals surface area contributed by atoms with Gasteiger partial charge in [-0.1, -0.05) is 22.0 Å². The Kier molecular flexibility index (Phi) is 6.55. The molecule has 1 rings (SSSR count). The molecule has 0 heterocycles. The standard InChI is InChI=1S/C13H21BrN2O/c1-10-5-6-11(14)8-13(10)16-12(9-17-2)4-3-7-15/h5-6,8,12,16H,3-4,7,9,15H2,1-2H3. The topological polar surface area (TPSA) is 47.3 Å². The Balaban J connectivity index is 2.67. The number of halogens is 1. The van der Waals surface area contributed by atoms with Crippen LogP contribution in [0.3, 0.4) is 0 Å². The Morgan fingerprint density at radius 3 is 2.88 bits per heavy atom. The number of hydrogen-bond acceptors (Lipinski definition) is 3. The molecule has 0 fully saturated rings. The van der Waals surface area contributed by atoms with Crippen molar-refractivity contribution in [3.63, 3.8) is 0 Å². The van der Waals surface area contributed by atoms with Gasteiger partial charge in [0.15, 0.2) is 0 Å². The molecule has 96 valence electrons. The zero-order valence-corrected chi connectivity index (χ0v) is 12.1. The predicted octanol–water partition coefficient (Wildman–Crippen LogP) is 2.92. The first kappa shape index (κ1) is 14.5. The van der Waals surface area contributed by atoms with Crippen LogP contribution in [-0.2, 0) is 4.74 Å². The highest BCUT2D eigenvalue weighted by atomic mass is 79.9. The van der Waals surface area contributed by atoms with Crippen LogP contribution >= 0.6 is 15.9 Å². The van der Waals surface area contributed by atoms with Gasteiger partial charge in [0.25, 0.3) is 0 Å². The molecule has 17 heavy (non-hydrogen) atoms. The first-order chi connectivity index (χ1) is 8.17. The number of hydrogen-bond donors (Lipinski definition) is 2. The summed E-state index contributed by atoms with van der Waals surface area (Å²) in [6.07, 6.45) is 2.03. The van der Waals surface area contributed by atoms with E-state index in [2.05, 4.69) is 40.3 Å². The lowest BCUT2D eigenvalue weighted by Gasteiger charge is -2.20. The second kappa shape index (κ2) is 7.69. The van der Waals surface area contributed by atoms with Crippen molar-refractivity contribution in [1.29, 1.82) is 0 Å². The molecule has 1 unspecified atom stereocenters. The Hall–Kier alpha value is -0.580. The second-order valence-electron chi connectivity index (χ2n) is 4.19. The lowest BCUT2D eigenvalue weighted by atomic mass is 10.1. The molecule has 0 spiro atoms. The third kappa shape index (κ3) is 5.06. The molecular formula is C13H21BrN2O. The van der Waals surface area contributed by atoms with Crippen molar-refractivity contribution in [3.05, 3.63) is 28.2 Å². The Bertz CT molecular complexity index is 344. The normalized spacial score (nSPS) is 12.5. The molecule has 3 N–H and O–H groups in total. The van der Waals surface area contributed by atoms with Crippen LogP contribution in [0.25, 0.3) is 0 Å². The Morgan fingerprint density at radius 1 is 1.47 bits per heavy atom. The number of aryl methyl sites for hydroxylation is 1. The lowest BCUT2D eigenvalue weighted by molar-refractivity contribution is 0.182. The summed E-state index contributed by atoms with van der Waals surface area (Å²) in [6, 6.07) is 6.56. The summed E-state index contributed by atoms with van der Waals surface area (Å²) in [7, 11) is 1.73. The van der Waals surface area contributed by atoms with Crippen LogP contribution in [0, 0.1) is 6.92 Å². The van der Waals surface area contributed by atoms with Gasteiger partial charge in [-0.25, -0.2) is 0 Å². The molecular weight excluding hydrogens is 280 g/mol. The maximum absolute atomic E-state index is 5.54. The lowest BCUT2D eigenvalue weighted by Crippen LogP contribution is -2.26. The minimum atomic E-state index is 0.316. The number of benzene rings is 1. The molecule has 0 aliphatic heterocycles. The maximum Gasteiger partial charge on any atom is 0.0664 e. The van der Waals surface area contributed by atoms with E-state index in [0.717, 1.165) is 29.5 Å². The van der Waals surface area contributed by atoms with E-state index in [1.165, 1.54) is 5.56 Å². The molecule has 1 atom stereocenters. The summed E-state index contributed by atoms with van der Waals surface area (Å²) >= 11 is 3.49. The highest BCUT2D eigenvalue weighted by Gasteiger charge is 2.09. The third-order valence-corrected chi connectivity index (χ3v) is 3.18. The molecule has 0 saturated heterocycles. The molecule has 1 aromatic carbocycles. The predicted molar refractivity (Wildman–Crippen MR) is 76.5 cm³/mol. The summed E-state index contributed by atoms with van der Waals surface area (Å²) in [5.41, 5.74) is 7.93. The smallest absolute Gasteiger partial charge is 0.0664 e. The number of anilines is 1. The van der Waals surface area contributed by atoms with Crippen molar-refractivity contribution in [1.82, 2.24) is 0 Å². The van der Waals surface area contributed by atoms with Gasteiger partial charge in [0.2, 0.25) is 0 Å². The summed E-state index contributed by atoms with van der Waals surface area (Å²) in [5.74, 6) is 0. The zero-order valence-electron chi connectivity index (χ0n) is 10.5. The minimum absolute atomic E-state index is 0.316. The quantitative estimate of drug-likeness (QED) is 0.814. The third-order valence-electron chi connectivity index (χ3n) is 2.68. The van der Waals surface area contributed by atoms with Gasteiger partial charge in [-0.15, -0.1) is 0 Å². The van der Waals surface area contributed by atoms with E-state index in [0.29, 0.717) is 12.6 Å². The average molecular weight is 301 g/mol. The van der Waals surface area contributed by atoms with Gasteiger partial charge in [-0.2, -0.15) is 0 Å². The molecule has 0 aliphatic rings. The van der Waals surface area contributed by atoms with Crippen LogP contribution in [0.15, 0.2) is 22.7 Å². The van der Waals surface area contributed by atoms with Crippen LogP contribution in [0.1, 0.15) is 18.4 Å². The van der Waals surface area contributed by atoms with Crippen molar-refractivity contribution < 1.29 is 4.74 Å². The SMILES string of the molecule is COCC(CCCN)Nc1cc(Br)ccc1C. The van der Waals surface area contributed by atoms with E-state index in [-0.39, 0.29) is 0 Å². The van der Waals surface area contributed by atoms with Gasteiger partial charge in [0.05, 0.1) is 6.61 Å². The van der Waals surface area contributed by atoms with Crippen molar-refractivity contribution in [2.24, 2.45) is 5.73 Å². The summed E-state index contributed by atoms with van der Waals surface area (Å²) < 4.78 is 6.31. The van der Waals surface area contributed by atoms with Gasteiger partial charge in [0, 0.05) is 23.3 Å². The van der Waals surface area contributed by atoms with Crippen molar-refractivity contribution >= 4 is 21.6 Å². The van der Waals surface area contributed by atoms with E-state index in [1.807, 2.05) is 6.07 Å². The Labute approximate surface area is 112 Å². The fraction of sp³-hybridized carbons (Fsp3) is 0.538. The minimum Gasteiger partial charge on any atom is -0.383 e. The first-order valence-corrected chi connectivity index (χ1v) is 6.68. The van der Waals surface area contributed by atoms with E-state index < -0.39 is 0 Å². The zero-order chi connectivity index (χ0) is 12.7. The van der Waals surface area contributed by atoms with E-state index in [4.69, 9.17) is 10.5 Å². The highest BCUT2D eigenvalue weighted by Crippen LogP contribution is 2.22. The molecule has 0 bridgehead atoms. The van der Waals surface area contributed by atoms with Gasteiger partial charge in [0.1, 0.15) is 0 Å². The fourth-order valence-electron chi connectivity index (χ4n) is 1.73. The van der Waals surface area contributed by atoms with Crippen LogP contribution in [0.4, 0.5) is 5.69 Å².